The second kappa shape index (κ2) is 8.29. The first-order chi connectivity index (χ1) is 11.5. The van der Waals surface area contributed by atoms with Gasteiger partial charge < -0.3 is 10.2 Å². The van der Waals surface area contributed by atoms with Gasteiger partial charge >= 0.3 is 0 Å². The van der Waals surface area contributed by atoms with Gasteiger partial charge in [0.1, 0.15) is 0 Å². The maximum Gasteiger partial charge on any atom is 0.257 e. The summed E-state index contributed by atoms with van der Waals surface area (Å²) in [5, 5.41) is 6.91. The zero-order chi connectivity index (χ0) is 17.5. The molecule has 0 saturated carbocycles. The molecule has 1 atom stereocenters. The standard InChI is InChI=1S/C18H24N4O2/c1-4-10-22(18(24)15-12-19-21(3)13-15)14(2)11-17(23)20-16-8-6-5-7-9-16/h5-9,12-14H,4,10-11H2,1-3H3,(H,20,23). The molecule has 128 valence electrons. The summed E-state index contributed by atoms with van der Waals surface area (Å²) in [7, 11) is 1.78. The van der Waals surface area contributed by atoms with Crippen LogP contribution in [0.15, 0.2) is 42.7 Å². The third-order valence-corrected chi connectivity index (χ3v) is 3.75. The first-order valence-electron chi connectivity index (χ1n) is 8.15. The van der Waals surface area contributed by atoms with Crippen LogP contribution in [0.5, 0.6) is 0 Å². The number of aryl methyl sites for hydroxylation is 1. The van der Waals surface area contributed by atoms with E-state index in [0.29, 0.717) is 12.1 Å². The Bertz CT molecular complexity index is 681. The van der Waals surface area contributed by atoms with Gasteiger partial charge in [-0.15, -0.1) is 0 Å². The summed E-state index contributed by atoms with van der Waals surface area (Å²) in [6.07, 6.45) is 4.33. The summed E-state index contributed by atoms with van der Waals surface area (Å²) in [6.45, 7) is 4.52. The van der Waals surface area contributed by atoms with Gasteiger partial charge in [0.25, 0.3) is 5.91 Å². The average molecular weight is 328 g/mol. The zero-order valence-electron chi connectivity index (χ0n) is 14.4. The van der Waals surface area contributed by atoms with E-state index in [1.807, 2.05) is 44.2 Å². The minimum Gasteiger partial charge on any atom is -0.335 e. The van der Waals surface area contributed by atoms with Gasteiger partial charge in [-0.2, -0.15) is 5.10 Å². The lowest BCUT2D eigenvalue weighted by Gasteiger charge is -2.28. The van der Waals surface area contributed by atoms with Crippen LogP contribution in [0.1, 0.15) is 37.0 Å². The highest BCUT2D eigenvalue weighted by Gasteiger charge is 2.23. The minimum atomic E-state index is -0.193. The molecule has 0 aliphatic heterocycles. The van der Waals surface area contributed by atoms with Crippen molar-refractivity contribution in [2.45, 2.75) is 32.7 Å². The van der Waals surface area contributed by atoms with Gasteiger partial charge in [-0.05, 0) is 25.5 Å². The molecule has 1 N–H and O–H groups in total. The lowest BCUT2D eigenvalue weighted by atomic mass is 10.1. The first-order valence-corrected chi connectivity index (χ1v) is 8.15. The van der Waals surface area contributed by atoms with Gasteiger partial charge in [0, 0.05) is 37.9 Å². The number of nitrogens with zero attached hydrogens (tertiary/aromatic N) is 3. The second-order valence-electron chi connectivity index (χ2n) is 5.87. The Morgan fingerprint density at radius 1 is 1.29 bits per heavy atom. The van der Waals surface area contributed by atoms with Crippen LogP contribution in [0.4, 0.5) is 5.69 Å². The van der Waals surface area contributed by atoms with Crippen molar-refractivity contribution in [2.75, 3.05) is 11.9 Å². The van der Waals surface area contributed by atoms with Gasteiger partial charge in [0.15, 0.2) is 0 Å². The van der Waals surface area contributed by atoms with Gasteiger partial charge in [-0.1, -0.05) is 25.1 Å². The predicted octanol–water partition coefficient (Wildman–Crippen LogP) is 2.69. The van der Waals surface area contributed by atoms with E-state index >= 15 is 0 Å². The zero-order valence-corrected chi connectivity index (χ0v) is 14.4. The number of benzene rings is 1. The van der Waals surface area contributed by atoms with E-state index in [1.54, 1.807) is 29.0 Å². The predicted molar refractivity (Wildman–Crippen MR) is 93.7 cm³/mol. The summed E-state index contributed by atoms with van der Waals surface area (Å²) >= 11 is 0. The highest BCUT2D eigenvalue weighted by molar-refractivity contribution is 5.95. The molecule has 0 fully saturated rings. The fraction of sp³-hybridized carbons (Fsp3) is 0.389. The molecule has 1 aromatic heterocycles. The molecular weight excluding hydrogens is 304 g/mol. The van der Waals surface area contributed by atoms with Crippen LogP contribution < -0.4 is 5.32 Å². The molecule has 1 heterocycles. The molecule has 1 aromatic carbocycles. The molecule has 0 spiro atoms. The van der Waals surface area contributed by atoms with Crippen LogP contribution in [-0.2, 0) is 11.8 Å². The lowest BCUT2D eigenvalue weighted by molar-refractivity contribution is -0.117. The number of hydrogen-bond acceptors (Lipinski definition) is 3. The molecule has 2 aromatic rings. The Balaban J connectivity index is 2.01. The van der Waals surface area contributed by atoms with Crippen molar-refractivity contribution >= 4 is 17.5 Å². The maximum atomic E-state index is 12.7. The van der Waals surface area contributed by atoms with Crippen molar-refractivity contribution in [3.05, 3.63) is 48.3 Å². The van der Waals surface area contributed by atoms with Crippen LogP contribution in [0.25, 0.3) is 0 Å². The Kier molecular flexibility index (Phi) is 6.12. The van der Waals surface area contributed by atoms with Crippen LogP contribution in [0, 0.1) is 0 Å². The van der Waals surface area contributed by atoms with Crippen molar-refractivity contribution in [1.82, 2.24) is 14.7 Å². The summed E-state index contributed by atoms with van der Waals surface area (Å²) in [4.78, 5) is 26.6. The summed E-state index contributed by atoms with van der Waals surface area (Å²) in [5.74, 6) is -0.196. The largest absolute Gasteiger partial charge is 0.335 e. The van der Waals surface area contributed by atoms with E-state index in [0.717, 1.165) is 12.1 Å². The number of amides is 2. The molecular formula is C18H24N4O2. The molecule has 0 saturated heterocycles. The molecule has 0 aliphatic rings. The third kappa shape index (κ3) is 4.68. The number of rotatable bonds is 7. The van der Waals surface area contributed by atoms with Crippen molar-refractivity contribution in [3.8, 4) is 0 Å². The van der Waals surface area contributed by atoms with Gasteiger partial charge in [-0.3, -0.25) is 14.3 Å². The molecule has 0 bridgehead atoms. The van der Waals surface area contributed by atoms with Gasteiger partial charge in [0.05, 0.1) is 11.8 Å². The SMILES string of the molecule is CCCN(C(=O)c1cnn(C)c1)C(C)CC(=O)Nc1ccccc1. The Labute approximate surface area is 142 Å². The van der Waals surface area contributed by atoms with E-state index in [4.69, 9.17) is 0 Å². The molecule has 1 unspecified atom stereocenters. The number of nitrogens with one attached hydrogen (secondary N) is 1. The first kappa shape index (κ1) is 17.7. The van der Waals surface area contributed by atoms with Gasteiger partial charge in [-0.25, -0.2) is 0 Å². The molecule has 0 radical (unpaired) electrons. The molecule has 2 amide bonds. The van der Waals surface area contributed by atoms with Gasteiger partial charge in [0.2, 0.25) is 5.91 Å². The van der Waals surface area contributed by atoms with Crippen molar-refractivity contribution in [3.63, 3.8) is 0 Å². The third-order valence-electron chi connectivity index (χ3n) is 3.75. The topological polar surface area (TPSA) is 67.2 Å². The average Bonchev–Trinajstić information content (AvgIpc) is 2.99. The summed E-state index contributed by atoms with van der Waals surface area (Å²) in [6, 6.07) is 9.12. The van der Waals surface area contributed by atoms with Crippen LogP contribution in [0.2, 0.25) is 0 Å². The number of carbonyl (C=O) groups excluding carboxylic acids is 2. The van der Waals surface area contributed by atoms with Crippen molar-refractivity contribution in [1.29, 1.82) is 0 Å². The number of para-hydroxylation sites is 1. The maximum absolute atomic E-state index is 12.7. The monoisotopic (exact) mass is 328 g/mol. The second-order valence-corrected chi connectivity index (χ2v) is 5.87. The fourth-order valence-corrected chi connectivity index (χ4v) is 2.57. The smallest absolute Gasteiger partial charge is 0.257 e. The summed E-state index contributed by atoms with van der Waals surface area (Å²) < 4.78 is 1.60. The number of aromatic nitrogens is 2. The normalized spacial score (nSPS) is 11.8. The van der Waals surface area contributed by atoms with E-state index < -0.39 is 0 Å². The Morgan fingerprint density at radius 2 is 2.00 bits per heavy atom. The number of anilines is 1. The quantitative estimate of drug-likeness (QED) is 0.850. The molecule has 6 heteroatoms. The summed E-state index contributed by atoms with van der Waals surface area (Å²) in [5.41, 5.74) is 1.30. The number of carbonyl (C=O) groups is 2. The molecule has 2 rings (SSSR count). The molecule has 24 heavy (non-hydrogen) atoms. The Hall–Kier alpha value is -2.63. The van der Waals surface area contributed by atoms with Crippen molar-refractivity contribution in [2.24, 2.45) is 7.05 Å². The Morgan fingerprint density at radius 3 is 2.58 bits per heavy atom. The molecule has 0 aliphatic carbocycles. The van der Waals surface area contributed by atoms with Crippen molar-refractivity contribution < 1.29 is 9.59 Å². The van der Waals surface area contributed by atoms with E-state index in [2.05, 4.69) is 10.4 Å². The van der Waals surface area contributed by atoms with E-state index in [1.165, 1.54) is 0 Å². The highest BCUT2D eigenvalue weighted by atomic mass is 16.2. The number of hydrogen-bond donors (Lipinski definition) is 1. The van der Waals surface area contributed by atoms with E-state index in [9.17, 15) is 9.59 Å². The minimum absolute atomic E-state index is 0.0926. The van der Waals surface area contributed by atoms with Crippen LogP contribution in [0.3, 0.4) is 0 Å². The van der Waals surface area contributed by atoms with Crippen LogP contribution in [-0.4, -0.2) is 39.1 Å². The fourth-order valence-electron chi connectivity index (χ4n) is 2.57. The lowest BCUT2D eigenvalue weighted by Crippen LogP contribution is -2.41. The highest BCUT2D eigenvalue weighted by Crippen LogP contribution is 2.13. The van der Waals surface area contributed by atoms with E-state index in [-0.39, 0.29) is 24.3 Å². The molecule has 6 nitrogen and oxygen atoms in total. The van der Waals surface area contributed by atoms with Crippen LogP contribution >= 0.6 is 0 Å².